The largest absolute Gasteiger partial charge is 0.391 e. The molecule has 32 heavy (non-hydrogen) atoms. The normalized spacial score (nSPS) is 21.7. The number of aliphatic hydroxyl groups is 1. The molecule has 4 rings (SSSR count). The molecule has 172 valence electrons. The van der Waals surface area contributed by atoms with E-state index in [2.05, 4.69) is 15.6 Å². The van der Waals surface area contributed by atoms with Gasteiger partial charge in [0.25, 0.3) is 0 Å². The van der Waals surface area contributed by atoms with Crippen LogP contribution in [0.1, 0.15) is 44.4 Å². The van der Waals surface area contributed by atoms with Gasteiger partial charge in [-0.2, -0.15) is 0 Å². The molecule has 2 heterocycles. The summed E-state index contributed by atoms with van der Waals surface area (Å²) in [4.78, 5) is 33.2. The zero-order chi connectivity index (χ0) is 22.8. The summed E-state index contributed by atoms with van der Waals surface area (Å²) < 4.78 is 0. The molecule has 0 radical (unpaired) electrons. The van der Waals surface area contributed by atoms with Gasteiger partial charge < -0.3 is 20.6 Å². The average Bonchev–Trinajstić information content (AvgIpc) is 3.40. The maximum Gasteiger partial charge on any atom is 0.243 e. The molecule has 2 fully saturated rings. The van der Waals surface area contributed by atoms with Gasteiger partial charge in [-0.05, 0) is 36.8 Å². The number of rotatable bonds is 8. The Balaban J connectivity index is 1.38. The number of nitrogens with one attached hydrogen (secondary N) is 2. The lowest BCUT2D eigenvalue weighted by atomic mass is 10.1. The van der Waals surface area contributed by atoms with Crippen LogP contribution in [0.25, 0.3) is 10.4 Å². The van der Waals surface area contributed by atoms with Gasteiger partial charge in [-0.15, -0.1) is 11.3 Å². The van der Waals surface area contributed by atoms with Crippen molar-refractivity contribution in [1.29, 1.82) is 0 Å². The van der Waals surface area contributed by atoms with E-state index >= 15 is 0 Å². The van der Waals surface area contributed by atoms with Crippen LogP contribution in [0.5, 0.6) is 0 Å². The van der Waals surface area contributed by atoms with E-state index in [-0.39, 0.29) is 36.9 Å². The number of amides is 2. The smallest absolute Gasteiger partial charge is 0.243 e. The third-order valence-electron chi connectivity index (χ3n) is 6.17. The summed E-state index contributed by atoms with van der Waals surface area (Å²) in [6.45, 7) is 6.63. The van der Waals surface area contributed by atoms with E-state index in [0.29, 0.717) is 12.5 Å². The second-order valence-corrected chi connectivity index (χ2v) is 10.1. The van der Waals surface area contributed by atoms with Crippen LogP contribution >= 0.6 is 11.3 Å². The zero-order valence-electron chi connectivity index (χ0n) is 18.9. The van der Waals surface area contributed by atoms with Crippen LogP contribution < -0.4 is 10.6 Å². The highest BCUT2D eigenvalue weighted by Crippen LogP contribution is 2.35. The van der Waals surface area contributed by atoms with Crippen LogP contribution in [0.15, 0.2) is 29.8 Å². The maximum atomic E-state index is 13.2. The van der Waals surface area contributed by atoms with Crippen molar-refractivity contribution >= 4 is 23.2 Å². The summed E-state index contributed by atoms with van der Waals surface area (Å²) in [7, 11) is 0. The van der Waals surface area contributed by atoms with Gasteiger partial charge in [-0.25, -0.2) is 4.98 Å². The molecule has 1 saturated heterocycles. The Labute approximate surface area is 193 Å². The highest BCUT2D eigenvalue weighted by molar-refractivity contribution is 7.13. The summed E-state index contributed by atoms with van der Waals surface area (Å²) >= 11 is 1.61. The molecule has 3 N–H and O–H groups in total. The summed E-state index contributed by atoms with van der Waals surface area (Å²) in [5.74, 6) is 0.0469. The van der Waals surface area contributed by atoms with Gasteiger partial charge in [-0.1, -0.05) is 38.1 Å². The lowest BCUT2D eigenvalue weighted by Gasteiger charge is -2.29. The second-order valence-electron chi connectivity index (χ2n) is 9.21. The number of aromatic nitrogens is 1. The molecular formula is C24H32N4O3S. The molecule has 1 aliphatic heterocycles. The Morgan fingerprint density at radius 2 is 1.97 bits per heavy atom. The topological polar surface area (TPSA) is 94.6 Å². The van der Waals surface area contributed by atoms with Crippen LogP contribution in [0.4, 0.5) is 0 Å². The van der Waals surface area contributed by atoms with Crippen LogP contribution in [0.2, 0.25) is 0 Å². The molecule has 1 aliphatic carbocycles. The van der Waals surface area contributed by atoms with Crippen molar-refractivity contribution < 1.29 is 14.7 Å². The minimum absolute atomic E-state index is 0.0674. The number of thiazole rings is 1. The first kappa shape index (κ1) is 22.9. The molecule has 7 nitrogen and oxygen atoms in total. The standard InChI is InChI=1S/C24H32N4O3S/c1-14(2)27-21(17-8-9-17)24(31)28-12-19(29)10-20(28)23(30)25-11-16-4-6-18(7-5-16)22-15(3)26-13-32-22/h4-7,13-14,17,19-21,27,29H,8-12H2,1-3H3,(H,25,30). The number of aryl methyl sites for hydroxylation is 1. The van der Waals surface area contributed by atoms with E-state index in [9.17, 15) is 14.7 Å². The number of aliphatic hydroxyl groups excluding tert-OH is 1. The molecule has 2 aromatic rings. The Morgan fingerprint density at radius 1 is 1.25 bits per heavy atom. The van der Waals surface area contributed by atoms with Gasteiger partial charge in [0.2, 0.25) is 11.8 Å². The van der Waals surface area contributed by atoms with E-state index in [1.54, 1.807) is 16.2 Å². The number of likely N-dealkylation sites (tertiary alicyclic amines) is 1. The quantitative estimate of drug-likeness (QED) is 0.567. The molecule has 3 atom stereocenters. The number of carbonyl (C=O) groups excluding carboxylic acids is 2. The molecule has 3 unspecified atom stereocenters. The van der Waals surface area contributed by atoms with E-state index in [1.165, 1.54) is 0 Å². The Bertz CT molecular complexity index is 954. The number of hydrogen-bond donors (Lipinski definition) is 3. The number of nitrogens with zero attached hydrogens (tertiary/aromatic N) is 2. The van der Waals surface area contributed by atoms with Crippen molar-refractivity contribution in [2.24, 2.45) is 5.92 Å². The van der Waals surface area contributed by atoms with Gasteiger partial charge in [0.05, 0.1) is 28.2 Å². The van der Waals surface area contributed by atoms with Gasteiger partial charge in [-0.3, -0.25) is 9.59 Å². The van der Waals surface area contributed by atoms with E-state index in [0.717, 1.165) is 34.5 Å². The fourth-order valence-electron chi connectivity index (χ4n) is 4.34. The van der Waals surface area contributed by atoms with Crippen LogP contribution in [-0.2, 0) is 16.1 Å². The summed E-state index contributed by atoms with van der Waals surface area (Å²) in [6.07, 6.45) is 1.66. The summed E-state index contributed by atoms with van der Waals surface area (Å²) in [5.41, 5.74) is 4.95. The number of β-amino-alcohol motifs (C(OH)–C–C–N with tert-alkyl or cyclic N) is 1. The molecule has 2 amide bonds. The Kier molecular flexibility index (Phi) is 6.93. The number of benzene rings is 1. The minimum Gasteiger partial charge on any atom is -0.391 e. The Hall–Kier alpha value is -2.29. The van der Waals surface area contributed by atoms with Crippen molar-refractivity contribution in [2.45, 2.75) is 70.8 Å². The molecule has 8 heteroatoms. The Morgan fingerprint density at radius 3 is 2.56 bits per heavy atom. The second kappa shape index (κ2) is 9.68. The predicted molar refractivity (Wildman–Crippen MR) is 125 cm³/mol. The van der Waals surface area contributed by atoms with Gasteiger partial charge in [0.15, 0.2) is 0 Å². The minimum atomic E-state index is -0.671. The third-order valence-corrected chi connectivity index (χ3v) is 7.14. The first-order chi connectivity index (χ1) is 15.3. The monoisotopic (exact) mass is 456 g/mol. The summed E-state index contributed by atoms with van der Waals surface area (Å²) in [6, 6.07) is 7.34. The molecule has 0 spiro atoms. The van der Waals surface area contributed by atoms with Crippen molar-refractivity contribution in [2.75, 3.05) is 6.54 Å². The highest BCUT2D eigenvalue weighted by Gasteiger charge is 2.45. The first-order valence-electron chi connectivity index (χ1n) is 11.3. The van der Waals surface area contributed by atoms with Gasteiger partial charge >= 0.3 is 0 Å². The van der Waals surface area contributed by atoms with Gasteiger partial charge in [0.1, 0.15) is 6.04 Å². The fourth-order valence-corrected chi connectivity index (χ4v) is 5.15. The molecule has 1 aromatic carbocycles. The number of carbonyl (C=O) groups is 2. The average molecular weight is 457 g/mol. The van der Waals surface area contributed by atoms with Crippen molar-refractivity contribution in [3.63, 3.8) is 0 Å². The highest BCUT2D eigenvalue weighted by atomic mass is 32.1. The molecule has 1 saturated carbocycles. The molecule has 1 aromatic heterocycles. The van der Waals surface area contributed by atoms with E-state index in [1.807, 2.05) is 50.5 Å². The van der Waals surface area contributed by atoms with Crippen molar-refractivity contribution in [1.82, 2.24) is 20.5 Å². The van der Waals surface area contributed by atoms with Crippen LogP contribution in [-0.4, -0.2) is 57.6 Å². The first-order valence-corrected chi connectivity index (χ1v) is 12.2. The number of hydrogen-bond acceptors (Lipinski definition) is 6. The van der Waals surface area contributed by atoms with E-state index in [4.69, 9.17) is 0 Å². The summed E-state index contributed by atoms with van der Waals surface area (Å²) in [5, 5.41) is 16.5. The van der Waals surface area contributed by atoms with E-state index < -0.39 is 12.1 Å². The van der Waals surface area contributed by atoms with Crippen LogP contribution in [0, 0.1) is 12.8 Å². The lowest BCUT2D eigenvalue weighted by molar-refractivity contribution is -0.140. The van der Waals surface area contributed by atoms with Crippen molar-refractivity contribution in [3.05, 3.63) is 41.0 Å². The fraction of sp³-hybridized carbons (Fsp3) is 0.542. The van der Waals surface area contributed by atoms with Crippen LogP contribution in [0.3, 0.4) is 0 Å². The molecule has 0 bridgehead atoms. The predicted octanol–water partition coefficient (Wildman–Crippen LogP) is 2.47. The van der Waals surface area contributed by atoms with Gasteiger partial charge in [0, 0.05) is 25.6 Å². The maximum absolute atomic E-state index is 13.2. The molecule has 2 aliphatic rings. The molecular weight excluding hydrogens is 424 g/mol. The zero-order valence-corrected chi connectivity index (χ0v) is 19.7. The van der Waals surface area contributed by atoms with Crippen molar-refractivity contribution in [3.8, 4) is 10.4 Å². The lowest BCUT2D eigenvalue weighted by Crippen LogP contribution is -2.54. The SMILES string of the molecule is Cc1ncsc1-c1ccc(CNC(=O)C2CC(O)CN2C(=O)C(NC(C)C)C2CC2)cc1. The third kappa shape index (κ3) is 5.19.